The Balaban J connectivity index is 2.36. The quantitative estimate of drug-likeness (QED) is 0.830. The number of anilines is 2. The Morgan fingerprint density at radius 3 is 2.80 bits per heavy atom. The molecule has 0 spiro atoms. The number of thiophene rings is 1. The third kappa shape index (κ3) is 2.48. The monoisotopic (exact) mass is 305 g/mol. The summed E-state index contributed by atoms with van der Waals surface area (Å²) >= 11 is 7.26. The molecule has 3 N–H and O–H groups in total. The smallest absolute Gasteiger partial charge is 0.258 e. The molecule has 1 aromatic heterocycles. The van der Waals surface area contributed by atoms with E-state index in [1.165, 1.54) is 11.3 Å². The highest BCUT2D eigenvalue weighted by Crippen LogP contribution is 2.32. The van der Waals surface area contributed by atoms with Crippen LogP contribution in [0, 0.1) is 25.2 Å². The lowest BCUT2D eigenvalue weighted by Crippen LogP contribution is -2.14. The zero-order chi connectivity index (χ0) is 14.9. The molecule has 102 valence electrons. The summed E-state index contributed by atoms with van der Waals surface area (Å²) in [5.74, 6) is -0.372. The minimum atomic E-state index is -0.372. The number of para-hydroxylation sites is 1. The van der Waals surface area contributed by atoms with Crippen LogP contribution in [0.1, 0.15) is 26.4 Å². The van der Waals surface area contributed by atoms with Crippen molar-refractivity contribution in [3.8, 4) is 6.07 Å². The predicted molar refractivity (Wildman–Crippen MR) is 82.3 cm³/mol. The second-order valence-electron chi connectivity index (χ2n) is 4.25. The van der Waals surface area contributed by atoms with Crippen molar-refractivity contribution in [2.75, 3.05) is 11.1 Å². The Kier molecular flexibility index (Phi) is 3.98. The van der Waals surface area contributed by atoms with Gasteiger partial charge < -0.3 is 11.1 Å². The van der Waals surface area contributed by atoms with Gasteiger partial charge in [-0.15, -0.1) is 11.3 Å². The third-order valence-electron chi connectivity index (χ3n) is 3.02. The third-order valence-corrected chi connectivity index (χ3v) is 4.47. The molecule has 0 saturated carbocycles. The van der Waals surface area contributed by atoms with Gasteiger partial charge in [0.2, 0.25) is 0 Å². The molecule has 0 saturated heterocycles. The first kappa shape index (κ1) is 14.4. The maximum atomic E-state index is 12.2. The summed E-state index contributed by atoms with van der Waals surface area (Å²) in [5.41, 5.74) is 7.69. The van der Waals surface area contributed by atoms with Gasteiger partial charge in [0.25, 0.3) is 5.91 Å². The molecule has 1 aromatic carbocycles. The fraction of sp³-hybridized carbons (Fsp3) is 0.143. The summed E-state index contributed by atoms with van der Waals surface area (Å²) in [7, 11) is 0. The minimum Gasteiger partial charge on any atom is -0.397 e. The highest BCUT2D eigenvalue weighted by Gasteiger charge is 2.17. The first-order chi connectivity index (χ1) is 9.45. The number of nitrogens with two attached hydrogens (primary N) is 1. The van der Waals surface area contributed by atoms with Gasteiger partial charge >= 0.3 is 0 Å². The number of nitrogens with zero attached hydrogens (tertiary/aromatic N) is 1. The second-order valence-corrected chi connectivity index (χ2v) is 5.89. The van der Waals surface area contributed by atoms with E-state index < -0.39 is 0 Å². The Labute approximate surface area is 125 Å². The average Bonchev–Trinajstić information content (AvgIpc) is 2.67. The molecule has 1 amide bonds. The summed E-state index contributed by atoms with van der Waals surface area (Å²) in [5, 5.41) is 12.7. The van der Waals surface area contributed by atoms with Crippen LogP contribution < -0.4 is 11.1 Å². The van der Waals surface area contributed by atoms with Crippen LogP contribution in [0.25, 0.3) is 0 Å². The number of nitriles is 1. The first-order valence-corrected chi connectivity index (χ1v) is 7.00. The summed E-state index contributed by atoms with van der Waals surface area (Å²) in [6, 6.07) is 6.97. The maximum Gasteiger partial charge on any atom is 0.258 e. The van der Waals surface area contributed by atoms with Gasteiger partial charge in [-0.2, -0.15) is 5.26 Å². The number of hydrogen-bond donors (Lipinski definition) is 2. The van der Waals surface area contributed by atoms with E-state index in [1.807, 2.05) is 13.8 Å². The molecule has 4 nitrogen and oxygen atoms in total. The molecular formula is C14H12ClN3OS. The Hall–Kier alpha value is -2.03. The number of benzene rings is 1. The number of carbonyl (C=O) groups is 1. The van der Waals surface area contributed by atoms with E-state index in [0.717, 1.165) is 10.4 Å². The lowest BCUT2D eigenvalue weighted by atomic mass is 10.1. The van der Waals surface area contributed by atoms with Gasteiger partial charge in [-0.1, -0.05) is 17.7 Å². The molecule has 0 atom stereocenters. The maximum absolute atomic E-state index is 12.2. The normalized spacial score (nSPS) is 10.1. The number of carbonyl (C=O) groups excluding carboxylic acids is 1. The number of nitrogens with one attached hydrogen (secondary N) is 1. The van der Waals surface area contributed by atoms with Crippen molar-refractivity contribution in [1.29, 1.82) is 5.26 Å². The van der Waals surface area contributed by atoms with E-state index in [9.17, 15) is 4.79 Å². The van der Waals surface area contributed by atoms with Gasteiger partial charge in [-0.25, -0.2) is 0 Å². The second kappa shape index (κ2) is 5.53. The van der Waals surface area contributed by atoms with Gasteiger partial charge in [0, 0.05) is 4.88 Å². The van der Waals surface area contributed by atoms with Crippen molar-refractivity contribution in [3.63, 3.8) is 0 Å². The summed E-state index contributed by atoms with van der Waals surface area (Å²) in [4.78, 5) is 13.2. The van der Waals surface area contributed by atoms with Crippen LogP contribution in [0.15, 0.2) is 18.2 Å². The summed E-state index contributed by atoms with van der Waals surface area (Å²) in [6.45, 7) is 3.76. The fourth-order valence-corrected chi connectivity index (χ4v) is 2.94. The first-order valence-electron chi connectivity index (χ1n) is 5.81. The molecule has 0 radical (unpaired) electrons. The Morgan fingerprint density at radius 1 is 1.45 bits per heavy atom. The number of halogens is 1. The van der Waals surface area contributed by atoms with Crippen molar-refractivity contribution in [2.24, 2.45) is 0 Å². The van der Waals surface area contributed by atoms with Crippen LogP contribution in [-0.2, 0) is 0 Å². The van der Waals surface area contributed by atoms with Crippen LogP contribution in [0.4, 0.5) is 10.7 Å². The number of hydrogen-bond acceptors (Lipinski definition) is 4. The van der Waals surface area contributed by atoms with Gasteiger partial charge in [-0.05, 0) is 31.5 Å². The number of aryl methyl sites for hydroxylation is 1. The Morgan fingerprint density at radius 2 is 2.15 bits per heavy atom. The van der Waals surface area contributed by atoms with Crippen molar-refractivity contribution in [2.45, 2.75) is 13.8 Å². The van der Waals surface area contributed by atoms with E-state index in [1.54, 1.807) is 18.2 Å². The number of rotatable bonds is 2. The molecule has 0 bridgehead atoms. The molecule has 0 unspecified atom stereocenters. The van der Waals surface area contributed by atoms with Gasteiger partial charge in [0.05, 0.1) is 21.8 Å². The van der Waals surface area contributed by atoms with Crippen molar-refractivity contribution in [1.82, 2.24) is 0 Å². The van der Waals surface area contributed by atoms with Crippen LogP contribution in [0.3, 0.4) is 0 Å². The van der Waals surface area contributed by atoms with E-state index >= 15 is 0 Å². The molecule has 2 aromatic rings. The molecule has 1 heterocycles. The predicted octanol–water partition coefficient (Wildman–Crippen LogP) is 3.72. The molecule has 0 aliphatic rings. The molecule has 0 fully saturated rings. The molecular weight excluding hydrogens is 294 g/mol. The van der Waals surface area contributed by atoms with Crippen LogP contribution in [0.2, 0.25) is 5.02 Å². The summed E-state index contributed by atoms with van der Waals surface area (Å²) in [6.07, 6.45) is 0. The minimum absolute atomic E-state index is 0.232. The van der Waals surface area contributed by atoms with Crippen molar-refractivity contribution < 1.29 is 4.79 Å². The zero-order valence-electron chi connectivity index (χ0n) is 11.0. The standard InChI is InChI=1S/C14H12ClN3OS/c1-7-8(2)20-14(10(7)6-16)18-13(19)9-4-3-5-11(15)12(9)17/h3-5H,17H2,1-2H3,(H,18,19). The van der Waals surface area contributed by atoms with E-state index in [4.69, 9.17) is 22.6 Å². The molecule has 0 aliphatic carbocycles. The molecule has 2 rings (SSSR count). The van der Waals surface area contributed by atoms with Gasteiger partial charge in [-0.3, -0.25) is 4.79 Å². The van der Waals surface area contributed by atoms with Crippen LogP contribution in [0.5, 0.6) is 0 Å². The number of amides is 1. The molecule has 20 heavy (non-hydrogen) atoms. The topological polar surface area (TPSA) is 78.9 Å². The van der Waals surface area contributed by atoms with E-state index in [2.05, 4.69) is 11.4 Å². The highest BCUT2D eigenvalue weighted by atomic mass is 35.5. The van der Waals surface area contributed by atoms with E-state index in [-0.39, 0.29) is 11.6 Å². The van der Waals surface area contributed by atoms with E-state index in [0.29, 0.717) is 21.2 Å². The number of nitrogen functional groups attached to an aromatic ring is 1. The molecule has 6 heteroatoms. The van der Waals surface area contributed by atoms with Crippen molar-refractivity contribution >= 4 is 39.5 Å². The van der Waals surface area contributed by atoms with Gasteiger partial charge in [0.1, 0.15) is 11.1 Å². The van der Waals surface area contributed by atoms with Crippen LogP contribution in [-0.4, -0.2) is 5.91 Å². The SMILES string of the molecule is Cc1sc(NC(=O)c2cccc(Cl)c2N)c(C#N)c1C. The van der Waals surface area contributed by atoms with Crippen LogP contribution >= 0.6 is 22.9 Å². The lowest BCUT2D eigenvalue weighted by Gasteiger charge is -2.07. The molecule has 0 aliphatic heterocycles. The Bertz CT molecular complexity index is 731. The largest absolute Gasteiger partial charge is 0.397 e. The van der Waals surface area contributed by atoms with Gasteiger partial charge in [0.15, 0.2) is 0 Å². The average molecular weight is 306 g/mol. The zero-order valence-corrected chi connectivity index (χ0v) is 12.5. The highest BCUT2D eigenvalue weighted by molar-refractivity contribution is 7.16. The fourth-order valence-electron chi connectivity index (χ4n) is 1.76. The lowest BCUT2D eigenvalue weighted by molar-refractivity contribution is 0.102. The summed E-state index contributed by atoms with van der Waals surface area (Å²) < 4.78 is 0. The van der Waals surface area contributed by atoms with Crippen molar-refractivity contribution in [3.05, 3.63) is 44.8 Å².